The van der Waals surface area contributed by atoms with E-state index in [2.05, 4.69) is 22.3 Å². The lowest BCUT2D eigenvalue weighted by Crippen LogP contribution is -2.43. The number of nitrogens with one attached hydrogen (secondary N) is 1. The predicted octanol–water partition coefficient (Wildman–Crippen LogP) is 2.78. The summed E-state index contributed by atoms with van der Waals surface area (Å²) in [6, 6.07) is 10.2. The first-order valence-corrected chi connectivity index (χ1v) is 8.57. The highest BCUT2D eigenvalue weighted by Gasteiger charge is 2.25. The van der Waals surface area contributed by atoms with Gasteiger partial charge in [0.25, 0.3) is 0 Å². The number of hydrogen-bond acceptors (Lipinski definition) is 3. The van der Waals surface area contributed by atoms with Crippen LogP contribution in [0.3, 0.4) is 0 Å². The average molecular weight is 327 g/mol. The maximum Gasteiger partial charge on any atom is 0.227 e. The van der Waals surface area contributed by atoms with Crippen LogP contribution < -0.4 is 0 Å². The summed E-state index contributed by atoms with van der Waals surface area (Å²) in [6.45, 7) is 6.01. The Bertz CT molecular complexity index is 662. The second-order valence-corrected chi connectivity index (χ2v) is 6.49. The SMILES string of the molecule is Cc1n[nH]c(C)c1CC(=O)N1CCC[C@@H](OCc2ccccc2)C1. The van der Waals surface area contributed by atoms with Crippen molar-refractivity contribution in [1.29, 1.82) is 0 Å². The smallest absolute Gasteiger partial charge is 0.227 e. The van der Waals surface area contributed by atoms with Gasteiger partial charge >= 0.3 is 0 Å². The maximum atomic E-state index is 12.6. The topological polar surface area (TPSA) is 58.2 Å². The quantitative estimate of drug-likeness (QED) is 0.919. The monoisotopic (exact) mass is 327 g/mol. The third kappa shape index (κ3) is 4.03. The number of H-pyrrole nitrogens is 1. The Hall–Kier alpha value is -2.14. The molecule has 3 rings (SSSR count). The number of aromatic amines is 1. The predicted molar refractivity (Wildman–Crippen MR) is 92.6 cm³/mol. The average Bonchev–Trinajstić information content (AvgIpc) is 2.93. The molecule has 0 spiro atoms. The van der Waals surface area contributed by atoms with Crippen molar-refractivity contribution < 1.29 is 9.53 Å². The minimum absolute atomic E-state index is 0.120. The summed E-state index contributed by atoms with van der Waals surface area (Å²) in [4.78, 5) is 14.6. The molecule has 0 aliphatic carbocycles. The zero-order valence-corrected chi connectivity index (χ0v) is 14.4. The Kier molecular flexibility index (Phi) is 5.30. The minimum atomic E-state index is 0.120. The van der Waals surface area contributed by atoms with Gasteiger partial charge in [-0.1, -0.05) is 30.3 Å². The summed E-state index contributed by atoms with van der Waals surface area (Å²) in [5, 5.41) is 7.12. The molecule has 0 radical (unpaired) electrons. The van der Waals surface area contributed by atoms with Gasteiger partial charge in [-0.3, -0.25) is 9.89 Å². The minimum Gasteiger partial charge on any atom is -0.372 e. The fourth-order valence-electron chi connectivity index (χ4n) is 3.19. The van der Waals surface area contributed by atoms with E-state index in [-0.39, 0.29) is 12.0 Å². The molecule has 5 nitrogen and oxygen atoms in total. The molecule has 24 heavy (non-hydrogen) atoms. The van der Waals surface area contributed by atoms with E-state index < -0.39 is 0 Å². The van der Waals surface area contributed by atoms with Gasteiger partial charge in [-0.15, -0.1) is 0 Å². The number of nitrogens with zero attached hydrogens (tertiary/aromatic N) is 2. The normalized spacial score (nSPS) is 17.9. The Morgan fingerprint density at radius 1 is 1.33 bits per heavy atom. The molecular weight excluding hydrogens is 302 g/mol. The summed E-state index contributed by atoms with van der Waals surface area (Å²) in [7, 11) is 0. The van der Waals surface area contributed by atoms with Crippen molar-refractivity contribution in [2.45, 2.75) is 45.8 Å². The highest BCUT2D eigenvalue weighted by molar-refractivity contribution is 5.79. The van der Waals surface area contributed by atoms with Crippen LogP contribution in [0.2, 0.25) is 0 Å². The van der Waals surface area contributed by atoms with E-state index in [9.17, 15) is 4.79 Å². The van der Waals surface area contributed by atoms with Crippen LogP contribution in [0, 0.1) is 13.8 Å². The lowest BCUT2D eigenvalue weighted by molar-refractivity contribution is -0.134. The fourth-order valence-corrected chi connectivity index (χ4v) is 3.19. The second kappa shape index (κ2) is 7.62. The molecule has 0 saturated carbocycles. The molecule has 1 aliphatic heterocycles. The van der Waals surface area contributed by atoms with Crippen molar-refractivity contribution in [3.05, 3.63) is 52.8 Å². The molecule has 1 aliphatic rings. The standard InChI is InChI=1S/C19H25N3O2/c1-14-18(15(2)21-20-14)11-19(23)22-10-6-9-17(12-22)24-13-16-7-4-3-5-8-16/h3-5,7-8,17H,6,9-13H2,1-2H3,(H,20,21)/t17-/m1/s1. The van der Waals surface area contributed by atoms with Crippen LogP contribution in [-0.4, -0.2) is 40.2 Å². The summed E-state index contributed by atoms with van der Waals surface area (Å²) < 4.78 is 6.02. The number of carbonyl (C=O) groups excluding carboxylic acids is 1. The van der Waals surface area contributed by atoms with Crippen molar-refractivity contribution in [2.24, 2.45) is 0 Å². The van der Waals surface area contributed by atoms with E-state index in [1.54, 1.807) is 0 Å². The number of carbonyl (C=O) groups is 1. The third-order valence-corrected chi connectivity index (χ3v) is 4.67. The largest absolute Gasteiger partial charge is 0.372 e. The molecule has 1 aromatic carbocycles. The summed E-state index contributed by atoms with van der Waals surface area (Å²) in [5.74, 6) is 0.163. The van der Waals surface area contributed by atoms with Gasteiger partial charge in [0.1, 0.15) is 0 Å². The Morgan fingerprint density at radius 3 is 2.83 bits per heavy atom. The van der Waals surface area contributed by atoms with E-state index in [1.807, 2.05) is 36.9 Å². The van der Waals surface area contributed by atoms with Gasteiger partial charge in [0.05, 0.1) is 24.8 Å². The number of aryl methyl sites for hydroxylation is 2. The molecule has 1 atom stereocenters. The molecule has 2 aromatic rings. The Labute approximate surface area is 143 Å². The van der Waals surface area contributed by atoms with Crippen LogP contribution >= 0.6 is 0 Å². The molecule has 0 bridgehead atoms. The Morgan fingerprint density at radius 2 is 2.12 bits per heavy atom. The summed E-state index contributed by atoms with van der Waals surface area (Å²) >= 11 is 0. The number of hydrogen-bond donors (Lipinski definition) is 1. The lowest BCUT2D eigenvalue weighted by Gasteiger charge is -2.33. The van der Waals surface area contributed by atoms with Crippen LogP contribution in [-0.2, 0) is 22.6 Å². The van der Waals surface area contributed by atoms with Gasteiger partial charge in [-0.05, 0) is 32.3 Å². The third-order valence-electron chi connectivity index (χ3n) is 4.67. The van der Waals surface area contributed by atoms with Crippen molar-refractivity contribution >= 4 is 5.91 Å². The molecule has 5 heteroatoms. The maximum absolute atomic E-state index is 12.6. The van der Waals surface area contributed by atoms with Gasteiger partial charge in [0, 0.05) is 24.3 Å². The fraction of sp³-hybridized carbons (Fsp3) is 0.474. The molecule has 128 valence electrons. The van der Waals surface area contributed by atoms with Crippen LogP contribution in [0.1, 0.15) is 35.4 Å². The Balaban J connectivity index is 1.54. The van der Waals surface area contributed by atoms with Crippen molar-refractivity contribution in [3.8, 4) is 0 Å². The van der Waals surface area contributed by atoms with Crippen LogP contribution in [0.25, 0.3) is 0 Å². The zero-order chi connectivity index (χ0) is 16.9. The van der Waals surface area contributed by atoms with Gasteiger partial charge < -0.3 is 9.64 Å². The number of ether oxygens (including phenoxy) is 1. The summed E-state index contributed by atoms with van der Waals surface area (Å²) in [6.07, 6.45) is 2.54. The number of amides is 1. The molecule has 1 amide bonds. The van der Waals surface area contributed by atoms with E-state index in [1.165, 1.54) is 5.56 Å². The van der Waals surface area contributed by atoms with Crippen molar-refractivity contribution in [2.75, 3.05) is 13.1 Å². The molecule has 1 fully saturated rings. The van der Waals surface area contributed by atoms with E-state index in [0.717, 1.165) is 36.3 Å². The molecule has 2 heterocycles. The molecule has 1 aromatic heterocycles. The van der Waals surface area contributed by atoms with E-state index in [0.29, 0.717) is 19.6 Å². The highest BCUT2D eigenvalue weighted by Crippen LogP contribution is 2.18. The van der Waals surface area contributed by atoms with Crippen molar-refractivity contribution in [1.82, 2.24) is 15.1 Å². The molecule has 1 N–H and O–H groups in total. The van der Waals surface area contributed by atoms with Crippen molar-refractivity contribution in [3.63, 3.8) is 0 Å². The van der Waals surface area contributed by atoms with Crippen LogP contribution in [0.15, 0.2) is 30.3 Å². The lowest BCUT2D eigenvalue weighted by atomic mass is 10.1. The van der Waals surface area contributed by atoms with Gasteiger partial charge in [-0.25, -0.2) is 0 Å². The van der Waals surface area contributed by atoms with E-state index in [4.69, 9.17) is 4.74 Å². The second-order valence-electron chi connectivity index (χ2n) is 6.49. The van der Waals surface area contributed by atoms with Gasteiger partial charge in [-0.2, -0.15) is 5.10 Å². The first-order chi connectivity index (χ1) is 11.6. The van der Waals surface area contributed by atoms with Crippen LogP contribution in [0.5, 0.6) is 0 Å². The summed E-state index contributed by atoms with van der Waals surface area (Å²) in [5.41, 5.74) is 4.09. The van der Waals surface area contributed by atoms with Gasteiger partial charge in [0.2, 0.25) is 5.91 Å². The zero-order valence-electron chi connectivity index (χ0n) is 14.4. The number of rotatable bonds is 5. The number of benzene rings is 1. The molecule has 0 unspecified atom stereocenters. The van der Waals surface area contributed by atoms with Gasteiger partial charge in [0.15, 0.2) is 0 Å². The van der Waals surface area contributed by atoms with E-state index >= 15 is 0 Å². The number of piperidine rings is 1. The first kappa shape index (κ1) is 16.7. The first-order valence-electron chi connectivity index (χ1n) is 8.57. The number of likely N-dealkylation sites (tertiary alicyclic amines) is 1. The number of aromatic nitrogens is 2. The highest BCUT2D eigenvalue weighted by atomic mass is 16.5. The molecule has 1 saturated heterocycles. The van der Waals surface area contributed by atoms with Crippen LogP contribution in [0.4, 0.5) is 0 Å². The molecular formula is C19H25N3O2.